The molecule has 0 aromatic rings. The van der Waals surface area contributed by atoms with Gasteiger partial charge in [0.15, 0.2) is 0 Å². The molecule has 0 aliphatic carbocycles. The highest BCUT2D eigenvalue weighted by atomic mass is 28.5. The van der Waals surface area contributed by atoms with Crippen LogP contribution in [0.4, 0.5) is 0 Å². The van der Waals surface area contributed by atoms with Gasteiger partial charge in [-0.1, -0.05) is 36.6 Å². The lowest BCUT2D eigenvalue weighted by Gasteiger charge is -2.56. The zero-order valence-corrected chi connectivity index (χ0v) is 13.2. The molecule has 0 saturated carbocycles. The molecule has 0 aromatic heterocycles. The molecule has 13 heavy (non-hydrogen) atoms. The monoisotopic (exact) mass is 241 g/mol. The first kappa shape index (κ1) is 9.12. The summed E-state index contributed by atoms with van der Waals surface area (Å²) >= 11 is 0. The highest BCUT2D eigenvalue weighted by Crippen LogP contribution is 2.55. The lowest BCUT2D eigenvalue weighted by molar-refractivity contribution is 1.20. The van der Waals surface area contributed by atoms with Gasteiger partial charge in [0.25, 0.3) is 0 Å². The van der Waals surface area contributed by atoms with Crippen molar-refractivity contribution in [2.45, 2.75) is 53.6 Å². The highest BCUT2D eigenvalue weighted by Gasteiger charge is 2.67. The van der Waals surface area contributed by atoms with Gasteiger partial charge < -0.3 is 0 Å². The van der Waals surface area contributed by atoms with Crippen molar-refractivity contribution in [3.8, 4) is 0 Å². The van der Waals surface area contributed by atoms with Crippen molar-refractivity contribution in [3.05, 3.63) is 0 Å². The van der Waals surface area contributed by atoms with Crippen molar-refractivity contribution in [2.75, 3.05) is 0 Å². The smallest absolute Gasteiger partial charge is 0.0672 e. The summed E-state index contributed by atoms with van der Waals surface area (Å²) in [6, 6.07) is 0. The molecular weight excluding hydrogens is 220 g/mol. The fraction of sp³-hybridized carbons (Fsp3) is 1.00. The maximum Gasteiger partial charge on any atom is 0.303 e. The summed E-state index contributed by atoms with van der Waals surface area (Å²) in [6.45, 7) is 8.35. The average Bonchev–Trinajstić information content (AvgIpc) is 1.71. The van der Waals surface area contributed by atoms with Crippen LogP contribution in [0.15, 0.2) is 0 Å². The van der Waals surface area contributed by atoms with Gasteiger partial charge in [-0.25, -0.2) is 0 Å². The molecule has 0 radical (unpaired) electrons. The van der Waals surface area contributed by atoms with Crippen molar-refractivity contribution in [2.24, 2.45) is 0 Å². The molecule has 4 saturated heterocycles. The largest absolute Gasteiger partial charge is 0.303 e. The third kappa shape index (κ3) is 1.32. The van der Waals surface area contributed by atoms with Crippen LogP contribution in [0.25, 0.3) is 0 Å². The van der Waals surface area contributed by atoms with E-state index in [1.165, 1.54) is 0 Å². The first-order chi connectivity index (χ1) is 5.91. The SMILES string of the molecule is C[Si]12C[Si+]3C[Si](C)(C1)C[Si](C)(C3)C2. The van der Waals surface area contributed by atoms with Crippen LogP contribution in [-0.4, -0.2) is 33.0 Å². The molecule has 0 atom stereocenters. The summed E-state index contributed by atoms with van der Waals surface area (Å²) in [5, 5.41) is 0. The normalized spacial score (nSPS) is 58.8. The van der Waals surface area contributed by atoms with Gasteiger partial charge in [-0.2, -0.15) is 0 Å². The average molecular weight is 242 g/mol. The van der Waals surface area contributed by atoms with Crippen molar-refractivity contribution in [1.29, 1.82) is 0 Å². The molecule has 0 amide bonds. The van der Waals surface area contributed by atoms with Crippen LogP contribution in [0.3, 0.4) is 0 Å². The summed E-state index contributed by atoms with van der Waals surface area (Å²) in [4.78, 5) is 0. The van der Waals surface area contributed by atoms with Crippen molar-refractivity contribution < 1.29 is 0 Å². The van der Waals surface area contributed by atoms with Gasteiger partial charge in [-0.05, 0) is 0 Å². The van der Waals surface area contributed by atoms with E-state index in [1.54, 1.807) is 0 Å². The van der Waals surface area contributed by atoms with Gasteiger partial charge in [-0.3, -0.25) is 0 Å². The van der Waals surface area contributed by atoms with Crippen LogP contribution in [0.2, 0.25) is 53.6 Å². The molecule has 0 spiro atoms. The minimum atomic E-state index is -0.576. The Kier molecular flexibility index (Phi) is 1.64. The zero-order valence-electron chi connectivity index (χ0n) is 9.24. The first-order valence-electron chi connectivity index (χ1n) is 5.74. The van der Waals surface area contributed by atoms with E-state index in [9.17, 15) is 0 Å². The Morgan fingerprint density at radius 1 is 0.692 bits per heavy atom. The van der Waals surface area contributed by atoms with Crippen LogP contribution < -0.4 is 0 Å². The predicted octanol–water partition coefficient (Wildman–Crippen LogP) is 2.99. The van der Waals surface area contributed by atoms with Gasteiger partial charge in [-0.15, -0.1) is 0 Å². The Morgan fingerprint density at radius 3 is 1.23 bits per heavy atom. The molecule has 72 valence electrons. The summed E-state index contributed by atoms with van der Waals surface area (Å²) in [5.74, 6) is 0. The number of hydrogen-bond acceptors (Lipinski definition) is 0. The molecule has 0 nitrogen and oxygen atoms in total. The molecular formula is C9H21Si4+. The van der Waals surface area contributed by atoms with Gasteiger partial charge >= 0.3 is 8.80 Å². The summed E-state index contributed by atoms with van der Waals surface area (Å²) < 4.78 is 0. The Labute approximate surface area is 86.8 Å². The van der Waals surface area contributed by atoms with E-state index in [1.807, 2.05) is 34.0 Å². The maximum absolute atomic E-state index is 2.78. The topological polar surface area (TPSA) is 0 Å². The molecule has 4 aliphatic heterocycles. The van der Waals surface area contributed by atoms with E-state index in [-0.39, 0.29) is 8.80 Å². The second kappa shape index (κ2) is 2.33. The van der Waals surface area contributed by atoms with E-state index in [2.05, 4.69) is 19.6 Å². The second-order valence-electron chi connectivity index (χ2n) is 7.24. The molecule has 4 bridgehead atoms. The lowest BCUT2D eigenvalue weighted by atomic mass is 11.6. The number of rotatable bonds is 0. The first-order valence-corrected chi connectivity index (χ1v) is 17.2. The molecule has 4 aliphatic rings. The van der Waals surface area contributed by atoms with Crippen molar-refractivity contribution >= 4 is 33.0 Å². The molecule has 4 rings (SSSR count). The van der Waals surface area contributed by atoms with E-state index >= 15 is 0 Å². The molecule has 4 heteroatoms. The van der Waals surface area contributed by atoms with E-state index in [4.69, 9.17) is 0 Å². The van der Waals surface area contributed by atoms with E-state index in [0.29, 0.717) is 0 Å². The third-order valence-electron chi connectivity index (χ3n) is 4.59. The molecule has 4 heterocycles. The zero-order chi connectivity index (χ0) is 9.32. The molecule has 0 unspecified atom stereocenters. The lowest BCUT2D eigenvalue weighted by Crippen LogP contribution is -2.70. The Balaban J connectivity index is 2.03. The van der Waals surface area contributed by atoms with Crippen LogP contribution in [-0.2, 0) is 0 Å². The minimum Gasteiger partial charge on any atom is -0.0672 e. The minimum absolute atomic E-state index is 0.264. The molecule has 4 fully saturated rings. The standard InChI is InChI=1S/C9H21Si4/c1-11-4-10-5-12(2,7-11)9-13(3,6-10)8-11/h4-9H2,1-3H3/q+1. The fourth-order valence-corrected chi connectivity index (χ4v) is 64.4. The summed E-state index contributed by atoms with van der Waals surface area (Å²) in [7, 11) is -1.46. The maximum atomic E-state index is 2.78. The van der Waals surface area contributed by atoms with Gasteiger partial charge in [0.05, 0.1) is 41.2 Å². The quantitative estimate of drug-likeness (QED) is 0.572. The Bertz CT molecular complexity index is 214. The highest BCUT2D eigenvalue weighted by molar-refractivity contribution is 7.25. The second-order valence-corrected chi connectivity index (χ2v) is 28.1. The summed E-state index contributed by atoms with van der Waals surface area (Å²) in [5.41, 5.74) is 11.1. The van der Waals surface area contributed by atoms with Crippen LogP contribution in [0.5, 0.6) is 0 Å². The van der Waals surface area contributed by atoms with Gasteiger partial charge in [0.1, 0.15) is 0 Å². The van der Waals surface area contributed by atoms with E-state index < -0.39 is 24.2 Å². The van der Waals surface area contributed by atoms with Crippen LogP contribution >= 0.6 is 0 Å². The van der Waals surface area contributed by atoms with E-state index in [0.717, 1.165) is 0 Å². The predicted molar refractivity (Wildman–Crippen MR) is 69.5 cm³/mol. The number of hydrogen-bond donors (Lipinski definition) is 0. The molecule has 0 N–H and O–H groups in total. The third-order valence-corrected chi connectivity index (χ3v) is 41.3. The fourth-order valence-electron chi connectivity index (χ4n) is 5.65. The Morgan fingerprint density at radius 2 is 1.00 bits per heavy atom. The van der Waals surface area contributed by atoms with Crippen LogP contribution in [0.1, 0.15) is 0 Å². The van der Waals surface area contributed by atoms with Crippen LogP contribution in [0, 0.1) is 0 Å². The molecule has 0 aromatic carbocycles. The van der Waals surface area contributed by atoms with Crippen molar-refractivity contribution in [1.82, 2.24) is 0 Å². The van der Waals surface area contributed by atoms with Gasteiger partial charge in [0.2, 0.25) is 0 Å². The van der Waals surface area contributed by atoms with Crippen molar-refractivity contribution in [3.63, 3.8) is 0 Å². The van der Waals surface area contributed by atoms with Gasteiger partial charge in [0, 0.05) is 0 Å². The Hall–Kier alpha value is 0.868. The summed E-state index contributed by atoms with van der Waals surface area (Å²) in [6.07, 6.45) is 0.